The number of nitrogens with two attached hydrogens (primary N) is 1. The molecule has 0 saturated carbocycles. The minimum atomic E-state index is 0.802. The van der Waals surface area contributed by atoms with Crippen molar-refractivity contribution < 1.29 is 0 Å². The van der Waals surface area contributed by atoms with Crippen LogP contribution in [0, 0.1) is 0 Å². The topological polar surface area (TPSA) is 53.3 Å². The van der Waals surface area contributed by atoms with Gasteiger partial charge < -0.3 is 11.1 Å². The Kier molecular flexibility index (Phi) is 18.7. The third kappa shape index (κ3) is 24.8. The molecule has 0 radical (unpaired) electrons. The van der Waals surface area contributed by atoms with Crippen molar-refractivity contribution in [3.05, 3.63) is 0 Å². The van der Waals surface area contributed by atoms with Crippen molar-refractivity contribution in [2.75, 3.05) is 40.3 Å². The highest BCUT2D eigenvalue weighted by Crippen LogP contribution is 1.71. The fourth-order valence-corrected chi connectivity index (χ4v) is 0.864. The maximum Gasteiger partial charge on any atom is 0.00993 e. The van der Waals surface area contributed by atoms with E-state index in [9.17, 15) is 0 Å². The Bertz CT molecular complexity index is 90.6. The number of hydrazine groups is 1. The van der Waals surface area contributed by atoms with Crippen LogP contribution in [0.3, 0.4) is 0 Å². The molecule has 0 aromatic rings. The van der Waals surface area contributed by atoms with Crippen LogP contribution in [0.5, 0.6) is 0 Å². The van der Waals surface area contributed by atoms with Gasteiger partial charge in [0.1, 0.15) is 0 Å². The van der Waals surface area contributed by atoms with Gasteiger partial charge in [0, 0.05) is 20.6 Å². The average Bonchev–Trinajstić information content (AvgIpc) is 2.22. The minimum absolute atomic E-state index is 0.802. The van der Waals surface area contributed by atoms with Crippen molar-refractivity contribution in [3.63, 3.8) is 0 Å². The summed E-state index contributed by atoms with van der Waals surface area (Å²) in [4.78, 5) is 0. The zero-order valence-corrected chi connectivity index (χ0v) is 11.0. The summed E-state index contributed by atoms with van der Waals surface area (Å²) in [6, 6.07) is 0. The minimum Gasteiger partial charge on any atom is -0.330 e. The second-order valence-corrected chi connectivity index (χ2v) is 3.69. The molecule has 4 nitrogen and oxygen atoms in total. The van der Waals surface area contributed by atoms with Crippen molar-refractivity contribution in [2.45, 2.75) is 33.1 Å². The number of nitrogens with zero attached hydrogens (tertiary/aromatic N) is 1. The van der Waals surface area contributed by atoms with Crippen LogP contribution in [-0.4, -0.2) is 45.3 Å². The Balaban J connectivity index is 0. The Labute approximate surface area is 95.6 Å². The van der Waals surface area contributed by atoms with Crippen molar-refractivity contribution in [1.82, 2.24) is 15.8 Å². The number of hydrogen-bond donors (Lipinski definition) is 3. The first-order chi connectivity index (χ1) is 7.18. The lowest BCUT2D eigenvalue weighted by Crippen LogP contribution is -2.30. The van der Waals surface area contributed by atoms with E-state index in [0.29, 0.717) is 0 Å². The molecular formula is C11H30N4. The lowest BCUT2D eigenvalue weighted by molar-refractivity contribution is 0.291. The summed E-state index contributed by atoms with van der Waals surface area (Å²) in [5.41, 5.74) is 8.40. The molecule has 4 heteroatoms. The van der Waals surface area contributed by atoms with Crippen LogP contribution in [0.4, 0.5) is 0 Å². The lowest BCUT2D eigenvalue weighted by Gasteiger charge is -2.08. The zero-order chi connectivity index (χ0) is 11.9. The SMILES string of the molecule is CCCNCCCN.CCCNN(C)C. The van der Waals surface area contributed by atoms with Gasteiger partial charge in [-0.05, 0) is 38.9 Å². The molecule has 15 heavy (non-hydrogen) atoms. The summed E-state index contributed by atoms with van der Waals surface area (Å²) in [6.07, 6.45) is 3.50. The van der Waals surface area contributed by atoms with Gasteiger partial charge in [-0.25, -0.2) is 0 Å². The van der Waals surface area contributed by atoms with Crippen LogP contribution in [0.25, 0.3) is 0 Å². The second kappa shape index (κ2) is 16.3. The normalized spacial score (nSPS) is 10.0. The largest absolute Gasteiger partial charge is 0.330 e. The Morgan fingerprint density at radius 2 is 1.60 bits per heavy atom. The van der Waals surface area contributed by atoms with Crippen molar-refractivity contribution in [1.29, 1.82) is 0 Å². The van der Waals surface area contributed by atoms with E-state index in [1.807, 2.05) is 19.1 Å². The molecule has 0 aromatic carbocycles. The van der Waals surface area contributed by atoms with Gasteiger partial charge in [-0.15, -0.1) is 0 Å². The smallest absolute Gasteiger partial charge is 0.00993 e. The Morgan fingerprint density at radius 3 is 1.93 bits per heavy atom. The van der Waals surface area contributed by atoms with Gasteiger partial charge in [0.15, 0.2) is 0 Å². The van der Waals surface area contributed by atoms with Crippen LogP contribution >= 0.6 is 0 Å². The monoisotopic (exact) mass is 218 g/mol. The van der Waals surface area contributed by atoms with Gasteiger partial charge in [0.05, 0.1) is 0 Å². The number of nitrogens with one attached hydrogen (secondary N) is 2. The molecule has 0 spiro atoms. The Hall–Kier alpha value is -0.160. The van der Waals surface area contributed by atoms with E-state index >= 15 is 0 Å². The third-order valence-corrected chi connectivity index (χ3v) is 1.66. The van der Waals surface area contributed by atoms with Crippen LogP contribution < -0.4 is 16.5 Å². The van der Waals surface area contributed by atoms with Gasteiger partial charge >= 0.3 is 0 Å². The number of rotatable bonds is 8. The van der Waals surface area contributed by atoms with E-state index in [4.69, 9.17) is 5.73 Å². The standard InChI is InChI=1S/C6H16N2.C5H14N2/c1-2-5-8-6-3-4-7;1-4-5-6-7(2)3/h8H,2-7H2,1H3;6H,4-5H2,1-3H3. The van der Waals surface area contributed by atoms with Crippen LogP contribution in [0.15, 0.2) is 0 Å². The first kappa shape index (κ1) is 17.2. The molecular weight excluding hydrogens is 188 g/mol. The van der Waals surface area contributed by atoms with Gasteiger partial charge in [-0.1, -0.05) is 13.8 Å². The predicted molar refractivity (Wildman–Crippen MR) is 68.8 cm³/mol. The quantitative estimate of drug-likeness (QED) is 0.417. The summed E-state index contributed by atoms with van der Waals surface area (Å²) >= 11 is 0. The van der Waals surface area contributed by atoms with E-state index in [1.165, 1.54) is 12.8 Å². The molecule has 0 heterocycles. The van der Waals surface area contributed by atoms with E-state index in [0.717, 1.165) is 32.6 Å². The molecule has 0 saturated heterocycles. The first-order valence-electron chi connectivity index (χ1n) is 6.00. The summed E-state index contributed by atoms with van der Waals surface area (Å²) in [7, 11) is 3.99. The zero-order valence-electron chi connectivity index (χ0n) is 11.0. The molecule has 0 aromatic heterocycles. The molecule has 94 valence electrons. The lowest BCUT2D eigenvalue weighted by atomic mass is 10.4. The van der Waals surface area contributed by atoms with Crippen LogP contribution in [0.2, 0.25) is 0 Å². The highest BCUT2D eigenvalue weighted by atomic mass is 15.5. The highest BCUT2D eigenvalue weighted by molar-refractivity contribution is 4.45. The highest BCUT2D eigenvalue weighted by Gasteiger charge is 1.81. The maximum absolute atomic E-state index is 5.27. The fraction of sp³-hybridized carbons (Fsp3) is 1.00. The maximum atomic E-state index is 5.27. The van der Waals surface area contributed by atoms with Crippen molar-refractivity contribution >= 4 is 0 Å². The molecule has 0 fully saturated rings. The van der Waals surface area contributed by atoms with E-state index in [1.54, 1.807) is 0 Å². The van der Waals surface area contributed by atoms with E-state index in [-0.39, 0.29) is 0 Å². The molecule has 0 bridgehead atoms. The summed E-state index contributed by atoms with van der Waals surface area (Å²) in [6.45, 7) is 8.39. The summed E-state index contributed by atoms with van der Waals surface area (Å²) < 4.78 is 0. The predicted octanol–water partition coefficient (Wildman–Crippen LogP) is 0.797. The second-order valence-electron chi connectivity index (χ2n) is 3.69. The van der Waals surface area contributed by atoms with Crippen LogP contribution in [0.1, 0.15) is 33.1 Å². The van der Waals surface area contributed by atoms with Gasteiger partial charge in [0.25, 0.3) is 0 Å². The molecule has 0 aliphatic rings. The first-order valence-corrected chi connectivity index (χ1v) is 6.00. The van der Waals surface area contributed by atoms with E-state index in [2.05, 4.69) is 24.6 Å². The van der Waals surface area contributed by atoms with Crippen molar-refractivity contribution in [3.8, 4) is 0 Å². The Morgan fingerprint density at radius 1 is 1.00 bits per heavy atom. The summed E-state index contributed by atoms with van der Waals surface area (Å²) in [5.74, 6) is 0. The molecule has 0 rings (SSSR count). The van der Waals surface area contributed by atoms with Gasteiger partial charge in [-0.3, -0.25) is 10.4 Å². The van der Waals surface area contributed by atoms with E-state index < -0.39 is 0 Å². The molecule has 0 unspecified atom stereocenters. The molecule has 0 amide bonds. The van der Waals surface area contributed by atoms with Crippen molar-refractivity contribution in [2.24, 2.45) is 5.73 Å². The molecule has 0 aliphatic carbocycles. The molecule has 0 aliphatic heterocycles. The molecule has 0 atom stereocenters. The fourth-order valence-electron chi connectivity index (χ4n) is 0.864. The number of hydrogen-bond acceptors (Lipinski definition) is 4. The van der Waals surface area contributed by atoms with Crippen LogP contribution in [-0.2, 0) is 0 Å². The average molecular weight is 218 g/mol. The third-order valence-electron chi connectivity index (χ3n) is 1.66. The molecule has 4 N–H and O–H groups in total. The summed E-state index contributed by atoms with van der Waals surface area (Å²) in [5, 5.41) is 5.22. The van der Waals surface area contributed by atoms with Gasteiger partial charge in [0.2, 0.25) is 0 Å². The van der Waals surface area contributed by atoms with Gasteiger partial charge in [-0.2, -0.15) is 0 Å².